The molecule has 1 aliphatic heterocycles. The number of aromatic nitrogens is 1. The number of hydrogen-bond donors (Lipinski definition) is 1. The van der Waals surface area contributed by atoms with E-state index in [-0.39, 0.29) is 5.91 Å². The highest BCUT2D eigenvalue weighted by atomic mass is 16.2. The lowest BCUT2D eigenvalue weighted by Crippen LogP contribution is -2.50. The maximum atomic E-state index is 12.7. The van der Waals surface area contributed by atoms with Gasteiger partial charge in [-0.25, -0.2) is 0 Å². The molecule has 0 atom stereocenters. The van der Waals surface area contributed by atoms with Crippen LogP contribution in [-0.4, -0.2) is 67.0 Å². The van der Waals surface area contributed by atoms with E-state index in [0.29, 0.717) is 6.54 Å². The maximum absolute atomic E-state index is 12.7. The molecule has 4 aromatic rings. The third-order valence-electron chi connectivity index (χ3n) is 6.90. The number of aromatic amines is 1. The van der Waals surface area contributed by atoms with E-state index in [1.54, 1.807) is 4.90 Å². The van der Waals surface area contributed by atoms with Gasteiger partial charge in [-0.15, -0.1) is 0 Å². The minimum atomic E-state index is 0.144. The molecule has 1 fully saturated rings. The summed E-state index contributed by atoms with van der Waals surface area (Å²) in [5.41, 5.74) is 6.00. The second-order valence-electron chi connectivity index (χ2n) is 9.05. The average molecular weight is 453 g/mol. The average Bonchev–Trinajstić information content (AvgIpc) is 3.27. The molecule has 1 aromatic heterocycles. The van der Waals surface area contributed by atoms with Gasteiger partial charge in [0.15, 0.2) is 0 Å². The first-order valence-electron chi connectivity index (χ1n) is 12.1. The van der Waals surface area contributed by atoms with Gasteiger partial charge in [-0.1, -0.05) is 66.7 Å². The zero-order valence-corrected chi connectivity index (χ0v) is 19.8. The third-order valence-corrected chi connectivity index (χ3v) is 6.90. The first-order valence-corrected chi connectivity index (χ1v) is 12.1. The van der Waals surface area contributed by atoms with E-state index in [0.717, 1.165) is 44.8 Å². The molecule has 5 heteroatoms. The van der Waals surface area contributed by atoms with Crippen molar-refractivity contribution in [3.05, 3.63) is 90.5 Å². The zero-order chi connectivity index (χ0) is 23.3. The minimum absolute atomic E-state index is 0.144. The summed E-state index contributed by atoms with van der Waals surface area (Å²) < 4.78 is 0. The summed E-state index contributed by atoms with van der Waals surface area (Å²) in [5, 5.41) is 1.31. The molecule has 34 heavy (non-hydrogen) atoms. The van der Waals surface area contributed by atoms with Gasteiger partial charge in [0.1, 0.15) is 0 Å². The number of amides is 1. The van der Waals surface area contributed by atoms with Crippen molar-refractivity contribution in [2.45, 2.75) is 6.42 Å². The number of carbonyl (C=O) groups is 1. The predicted octanol–water partition coefficient (Wildman–Crippen LogP) is 4.66. The molecule has 0 bridgehead atoms. The zero-order valence-electron chi connectivity index (χ0n) is 19.8. The summed E-state index contributed by atoms with van der Waals surface area (Å²) in [5.74, 6) is 0.144. The van der Waals surface area contributed by atoms with Crippen molar-refractivity contribution in [1.29, 1.82) is 0 Å². The third kappa shape index (κ3) is 4.91. The Balaban J connectivity index is 1.19. The maximum Gasteiger partial charge on any atom is 0.240 e. The molecular formula is C29H32N4O. The van der Waals surface area contributed by atoms with Crippen LogP contribution in [0.3, 0.4) is 0 Å². The number of benzene rings is 3. The van der Waals surface area contributed by atoms with Gasteiger partial charge in [0.2, 0.25) is 5.91 Å². The fraction of sp³-hybridized carbons (Fsp3) is 0.276. The van der Waals surface area contributed by atoms with E-state index in [1.807, 2.05) is 37.4 Å². The number of hydrogen-bond acceptors (Lipinski definition) is 3. The van der Waals surface area contributed by atoms with Crippen LogP contribution in [0.4, 0.5) is 5.69 Å². The Hall–Kier alpha value is -3.41. The molecular weight excluding hydrogens is 420 g/mol. The van der Waals surface area contributed by atoms with Gasteiger partial charge in [0.25, 0.3) is 0 Å². The Morgan fingerprint density at radius 2 is 1.44 bits per heavy atom. The number of anilines is 1. The van der Waals surface area contributed by atoms with Crippen LogP contribution in [0, 0.1) is 0 Å². The van der Waals surface area contributed by atoms with Gasteiger partial charge in [-0.2, -0.15) is 0 Å². The molecule has 1 amide bonds. The monoisotopic (exact) mass is 452 g/mol. The summed E-state index contributed by atoms with van der Waals surface area (Å²) in [6.07, 6.45) is 1.00. The lowest BCUT2D eigenvalue weighted by atomic mass is 10.0. The number of piperazine rings is 1. The van der Waals surface area contributed by atoms with Crippen LogP contribution in [0.5, 0.6) is 0 Å². The fourth-order valence-corrected chi connectivity index (χ4v) is 4.84. The Kier molecular flexibility index (Phi) is 6.74. The lowest BCUT2D eigenvalue weighted by Gasteiger charge is -2.35. The molecule has 0 saturated carbocycles. The Morgan fingerprint density at radius 1 is 0.824 bits per heavy atom. The smallest absolute Gasteiger partial charge is 0.240 e. The lowest BCUT2D eigenvalue weighted by molar-refractivity contribution is -0.119. The second kappa shape index (κ2) is 10.2. The van der Waals surface area contributed by atoms with Crippen molar-refractivity contribution < 1.29 is 4.79 Å². The fourth-order valence-electron chi connectivity index (χ4n) is 4.84. The van der Waals surface area contributed by atoms with E-state index in [2.05, 4.69) is 69.4 Å². The molecule has 1 N–H and O–H groups in total. The standard InChI is InChI=1S/C29H32N4O/c1-31(24-12-6-3-7-13-24)28(34)22-33-20-18-32(19-21-33)17-16-26-25-14-8-9-15-27(25)30-29(26)23-10-4-2-5-11-23/h2-15,30H,16-22H2,1H3. The van der Waals surface area contributed by atoms with Crippen molar-refractivity contribution in [1.82, 2.24) is 14.8 Å². The molecule has 174 valence electrons. The molecule has 5 rings (SSSR count). The van der Waals surface area contributed by atoms with Crippen molar-refractivity contribution in [2.75, 3.05) is 51.2 Å². The van der Waals surface area contributed by atoms with Crippen LogP contribution in [0.25, 0.3) is 22.2 Å². The number of rotatable bonds is 7. The van der Waals surface area contributed by atoms with Crippen LogP contribution in [0.1, 0.15) is 5.56 Å². The summed E-state index contributed by atoms with van der Waals surface area (Å²) in [6.45, 7) is 5.32. The number of likely N-dealkylation sites (N-methyl/N-ethyl adjacent to an activating group) is 1. The van der Waals surface area contributed by atoms with E-state index < -0.39 is 0 Å². The van der Waals surface area contributed by atoms with Crippen LogP contribution in [0.2, 0.25) is 0 Å². The minimum Gasteiger partial charge on any atom is -0.354 e. The molecule has 0 spiro atoms. The second-order valence-corrected chi connectivity index (χ2v) is 9.05. The van der Waals surface area contributed by atoms with Gasteiger partial charge in [-0.3, -0.25) is 9.69 Å². The van der Waals surface area contributed by atoms with E-state index in [1.165, 1.54) is 27.7 Å². The molecule has 3 aromatic carbocycles. The Morgan fingerprint density at radius 3 is 2.18 bits per heavy atom. The number of fused-ring (bicyclic) bond motifs is 1. The first kappa shape index (κ1) is 22.4. The van der Waals surface area contributed by atoms with Crippen LogP contribution >= 0.6 is 0 Å². The van der Waals surface area contributed by atoms with Crippen LogP contribution in [-0.2, 0) is 11.2 Å². The van der Waals surface area contributed by atoms with Gasteiger partial charge in [0.05, 0.1) is 6.54 Å². The van der Waals surface area contributed by atoms with E-state index in [9.17, 15) is 4.79 Å². The van der Waals surface area contributed by atoms with Crippen molar-refractivity contribution >= 4 is 22.5 Å². The predicted molar refractivity (Wildman–Crippen MR) is 140 cm³/mol. The first-order chi connectivity index (χ1) is 16.7. The van der Waals surface area contributed by atoms with E-state index in [4.69, 9.17) is 0 Å². The highest BCUT2D eigenvalue weighted by Crippen LogP contribution is 2.30. The van der Waals surface area contributed by atoms with Crippen LogP contribution < -0.4 is 4.90 Å². The number of para-hydroxylation sites is 2. The number of nitrogens with one attached hydrogen (secondary N) is 1. The topological polar surface area (TPSA) is 42.6 Å². The Bertz CT molecular complexity index is 1230. The van der Waals surface area contributed by atoms with Gasteiger partial charge < -0.3 is 14.8 Å². The molecule has 0 radical (unpaired) electrons. The highest BCUT2D eigenvalue weighted by Gasteiger charge is 2.22. The number of nitrogens with zero attached hydrogens (tertiary/aromatic N) is 3. The summed E-state index contributed by atoms with van der Waals surface area (Å²) in [7, 11) is 1.86. The van der Waals surface area contributed by atoms with Crippen molar-refractivity contribution in [3.63, 3.8) is 0 Å². The van der Waals surface area contributed by atoms with E-state index >= 15 is 0 Å². The quantitative estimate of drug-likeness (QED) is 0.444. The molecule has 1 aliphatic rings. The van der Waals surface area contributed by atoms with Crippen molar-refractivity contribution in [2.24, 2.45) is 0 Å². The summed E-state index contributed by atoms with van der Waals surface area (Å²) in [4.78, 5) is 23.0. The Labute approximate surface area is 201 Å². The van der Waals surface area contributed by atoms with Gasteiger partial charge in [-0.05, 0) is 35.7 Å². The molecule has 5 nitrogen and oxygen atoms in total. The number of H-pyrrole nitrogens is 1. The molecule has 0 unspecified atom stereocenters. The number of carbonyl (C=O) groups excluding carboxylic acids is 1. The van der Waals surface area contributed by atoms with Gasteiger partial charge in [0, 0.05) is 62.1 Å². The summed E-state index contributed by atoms with van der Waals surface area (Å²) >= 11 is 0. The van der Waals surface area contributed by atoms with Crippen LogP contribution in [0.15, 0.2) is 84.9 Å². The van der Waals surface area contributed by atoms with Gasteiger partial charge >= 0.3 is 0 Å². The normalized spacial score (nSPS) is 15.0. The van der Waals surface area contributed by atoms with Crippen molar-refractivity contribution in [3.8, 4) is 11.3 Å². The molecule has 2 heterocycles. The molecule has 1 saturated heterocycles. The highest BCUT2D eigenvalue weighted by molar-refractivity contribution is 5.94. The SMILES string of the molecule is CN(C(=O)CN1CCN(CCc2c(-c3ccccc3)[nH]c3ccccc23)CC1)c1ccccc1. The molecule has 0 aliphatic carbocycles. The summed E-state index contributed by atoms with van der Waals surface area (Å²) in [6, 6.07) is 29.1. The largest absolute Gasteiger partial charge is 0.354 e.